The van der Waals surface area contributed by atoms with Gasteiger partial charge in [-0.3, -0.25) is 4.40 Å². The van der Waals surface area contributed by atoms with Gasteiger partial charge in [0.05, 0.1) is 0 Å². The van der Waals surface area contributed by atoms with Crippen molar-refractivity contribution >= 4 is 5.65 Å². The van der Waals surface area contributed by atoms with Gasteiger partial charge in [0.2, 0.25) is 0 Å². The van der Waals surface area contributed by atoms with Crippen molar-refractivity contribution in [3.63, 3.8) is 0 Å². The molecule has 0 unspecified atom stereocenters. The number of aromatic nitrogens is 4. The lowest BCUT2D eigenvalue weighted by Crippen LogP contribution is -2.35. The van der Waals surface area contributed by atoms with E-state index in [9.17, 15) is 0 Å². The third-order valence-electron chi connectivity index (χ3n) is 2.12. The van der Waals surface area contributed by atoms with E-state index in [2.05, 4.69) is 15.2 Å². The maximum absolute atomic E-state index is 5.95. The van der Waals surface area contributed by atoms with E-state index in [-0.39, 0.29) is 5.54 Å². The van der Waals surface area contributed by atoms with Gasteiger partial charge in [-0.2, -0.15) is 0 Å². The normalized spacial score (nSPS) is 12.3. The van der Waals surface area contributed by atoms with Gasteiger partial charge in [0.15, 0.2) is 5.65 Å². The number of fused-ring (bicyclic) bond motifs is 1. The highest BCUT2D eigenvalue weighted by atomic mass is 15.3. The van der Waals surface area contributed by atoms with Gasteiger partial charge in [0.25, 0.3) is 0 Å². The van der Waals surface area contributed by atoms with Crippen molar-refractivity contribution in [2.75, 3.05) is 0 Å². The summed E-state index contributed by atoms with van der Waals surface area (Å²) in [7, 11) is 0. The first kappa shape index (κ1) is 10.0. The average molecular weight is 205 g/mol. The minimum absolute atomic E-state index is 0.284. The summed E-state index contributed by atoms with van der Waals surface area (Å²) in [4.78, 5) is 4.21. The van der Waals surface area contributed by atoms with E-state index < -0.39 is 0 Å². The summed E-state index contributed by atoms with van der Waals surface area (Å²) in [5.74, 6) is 0.852. The Labute approximate surface area is 88.3 Å². The van der Waals surface area contributed by atoms with E-state index in [1.165, 1.54) is 0 Å². The maximum atomic E-state index is 5.95. The second-order valence-electron chi connectivity index (χ2n) is 4.54. The van der Waals surface area contributed by atoms with Crippen LogP contribution in [0.1, 0.15) is 25.4 Å². The molecule has 2 aromatic heterocycles. The van der Waals surface area contributed by atoms with Crippen LogP contribution < -0.4 is 5.73 Å². The Bertz CT molecular complexity index is 480. The Hall–Kier alpha value is -1.49. The zero-order valence-corrected chi connectivity index (χ0v) is 9.23. The second-order valence-corrected chi connectivity index (χ2v) is 4.54. The molecular weight excluding hydrogens is 190 g/mol. The molecule has 2 aromatic rings. The first-order valence-corrected chi connectivity index (χ1v) is 4.91. The summed E-state index contributed by atoms with van der Waals surface area (Å²) in [6, 6.07) is 1.90. The smallest absolute Gasteiger partial charge is 0.163 e. The topological polar surface area (TPSA) is 69.1 Å². The molecule has 0 amide bonds. The molecule has 0 spiro atoms. The molecule has 0 atom stereocenters. The first-order valence-electron chi connectivity index (χ1n) is 4.91. The fourth-order valence-electron chi connectivity index (χ4n) is 1.46. The fourth-order valence-corrected chi connectivity index (χ4v) is 1.46. The second kappa shape index (κ2) is 3.27. The van der Waals surface area contributed by atoms with Crippen molar-refractivity contribution < 1.29 is 0 Å². The first-order chi connectivity index (χ1) is 6.96. The number of aryl methyl sites for hydroxylation is 1. The highest BCUT2D eigenvalue weighted by Gasteiger charge is 2.16. The minimum atomic E-state index is -0.284. The molecule has 0 saturated heterocycles. The lowest BCUT2D eigenvalue weighted by atomic mass is 10.0. The summed E-state index contributed by atoms with van der Waals surface area (Å²) in [5.41, 5.74) is 7.42. The molecule has 2 rings (SSSR count). The number of hydrogen-bond acceptors (Lipinski definition) is 4. The Morgan fingerprint density at radius 1 is 1.40 bits per heavy atom. The van der Waals surface area contributed by atoms with E-state index in [1.54, 1.807) is 6.33 Å². The number of hydrogen-bond donors (Lipinski definition) is 1. The minimum Gasteiger partial charge on any atom is -0.325 e. The third-order valence-corrected chi connectivity index (χ3v) is 2.12. The molecule has 15 heavy (non-hydrogen) atoms. The Morgan fingerprint density at radius 3 is 2.80 bits per heavy atom. The van der Waals surface area contributed by atoms with Gasteiger partial charge in [0, 0.05) is 23.7 Å². The van der Waals surface area contributed by atoms with Crippen LogP contribution in [0.3, 0.4) is 0 Å². The Kier molecular flexibility index (Phi) is 2.19. The highest BCUT2D eigenvalue weighted by molar-refractivity contribution is 5.38. The van der Waals surface area contributed by atoms with Gasteiger partial charge in [-0.25, -0.2) is 4.98 Å². The summed E-state index contributed by atoms with van der Waals surface area (Å²) in [5, 5.41) is 8.20. The molecule has 5 heteroatoms. The predicted octanol–water partition coefficient (Wildman–Crippen LogP) is 0.713. The van der Waals surface area contributed by atoms with E-state index in [0.29, 0.717) is 6.42 Å². The van der Waals surface area contributed by atoms with E-state index in [4.69, 9.17) is 5.73 Å². The van der Waals surface area contributed by atoms with Gasteiger partial charge in [-0.1, -0.05) is 0 Å². The quantitative estimate of drug-likeness (QED) is 0.784. The molecular formula is C10H15N5. The van der Waals surface area contributed by atoms with E-state index in [0.717, 1.165) is 17.2 Å². The Morgan fingerprint density at radius 2 is 2.13 bits per heavy atom. The van der Waals surface area contributed by atoms with Crippen LogP contribution in [0.25, 0.3) is 5.65 Å². The molecule has 2 heterocycles. The zero-order valence-electron chi connectivity index (χ0n) is 9.23. The SMILES string of the molecule is Cc1cc2nnc(CC(C)(C)N)n2cn1. The summed E-state index contributed by atoms with van der Waals surface area (Å²) >= 11 is 0. The summed E-state index contributed by atoms with van der Waals surface area (Å²) in [6.07, 6.45) is 2.42. The van der Waals surface area contributed by atoms with E-state index in [1.807, 2.05) is 31.2 Å². The molecule has 0 saturated carbocycles. The van der Waals surface area contributed by atoms with Crippen LogP contribution in [0.2, 0.25) is 0 Å². The zero-order chi connectivity index (χ0) is 11.1. The van der Waals surface area contributed by atoms with Crippen molar-refractivity contribution in [1.29, 1.82) is 0 Å². The van der Waals surface area contributed by atoms with Gasteiger partial charge in [-0.15, -0.1) is 10.2 Å². The molecule has 0 aliphatic heterocycles. The molecule has 0 aliphatic carbocycles. The van der Waals surface area contributed by atoms with Crippen LogP contribution in [0.15, 0.2) is 12.4 Å². The highest BCUT2D eigenvalue weighted by Crippen LogP contribution is 2.10. The maximum Gasteiger partial charge on any atom is 0.163 e. The van der Waals surface area contributed by atoms with Crippen molar-refractivity contribution in [2.45, 2.75) is 32.7 Å². The summed E-state index contributed by atoms with van der Waals surface area (Å²) < 4.78 is 1.88. The van der Waals surface area contributed by atoms with Crippen molar-refractivity contribution in [2.24, 2.45) is 5.73 Å². The fraction of sp³-hybridized carbons (Fsp3) is 0.500. The lowest BCUT2D eigenvalue weighted by molar-refractivity contribution is 0.499. The molecule has 0 bridgehead atoms. The molecule has 0 radical (unpaired) electrons. The van der Waals surface area contributed by atoms with Crippen LogP contribution in [-0.4, -0.2) is 25.1 Å². The van der Waals surface area contributed by atoms with Gasteiger partial charge < -0.3 is 5.73 Å². The molecule has 80 valence electrons. The lowest BCUT2D eigenvalue weighted by Gasteiger charge is -2.16. The molecule has 0 fully saturated rings. The standard InChI is InChI=1S/C10H15N5/c1-7-4-8-13-14-9(5-10(2,3)11)15(8)6-12-7/h4,6H,5,11H2,1-3H3. The molecule has 5 nitrogen and oxygen atoms in total. The van der Waals surface area contributed by atoms with Crippen LogP contribution in [-0.2, 0) is 6.42 Å². The Balaban J connectivity index is 2.45. The van der Waals surface area contributed by atoms with Crippen molar-refractivity contribution in [1.82, 2.24) is 19.6 Å². The summed E-state index contributed by atoms with van der Waals surface area (Å²) in [6.45, 7) is 5.87. The molecule has 2 N–H and O–H groups in total. The number of rotatable bonds is 2. The van der Waals surface area contributed by atoms with Gasteiger partial charge in [0.1, 0.15) is 12.2 Å². The van der Waals surface area contributed by atoms with Crippen molar-refractivity contribution in [3.05, 3.63) is 23.9 Å². The molecule has 0 aromatic carbocycles. The van der Waals surface area contributed by atoms with Crippen LogP contribution in [0, 0.1) is 6.92 Å². The monoisotopic (exact) mass is 205 g/mol. The third kappa shape index (κ3) is 2.12. The van der Waals surface area contributed by atoms with Crippen molar-refractivity contribution in [3.8, 4) is 0 Å². The van der Waals surface area contributed by atoms with Crippen LogP contribution >= 0.6 is 0 Å². The van der Waals surface area contributed by atoms with Crippen LogP contribution in [0.4, 0.5) is 0 Å². The van der Waals surface area contributed by atoms with Crippen LogP contribution in [0.5, 0.6) is 0 Å². The van der Waals surface area contributed by atoms with Gasteiger partial charge in [-0.05, 0) is 20.8 Å². The average Bonchev–Trinajstić information content (AvgIpc) is 2.45. The predicted molar refractivity (Wildman–Crippen MR) is 57.5 cm³/mol. The largest absolute Gasteiger partial charge is 0.325 e. The number of nitrogens with zero attached hydrogens (tertiary/aromatic N) is 4. The number of nitrogens with two attached hydrogens (primary N) is 1. The van der Waals surface area contributed by atoms with E-state index >= 15 is 0 Å². The van der Waals surface area contributed by atoms with Gasteiger partial charge >= 0.3 is 0 Å². The molecule has 0 aliphatic rings.